The van der Waals surface area contributed by atoms with Gasteiger partial charge in [-0.05, 0) is 74.3 Å². The van der Waals surface area contributed by atoms with Crippen molar-refractivity contribution in [1.82, 2.24) is 0 Å². The largest absolute Gasteiger partial charge is 0.457 e. The molecule has 2 heteroatoms. The molecule has 0 N–H and O–H groups in total. The van der Waals surface area contributed by atoms with Crippen LogP contribution in [-0.4, -0.2) is 6.79 Å². The van der Waals surface area contributed by atoms with Crippen LogP contribution in [-0.2, 0) is 21.7 Å². The molecule has 1 aliphatic rings. The van der Waals surface area contributed by atoms with Gasteiger partial charge in [-0.3, -0.25) is 0 Å². The Morgan fingerprint density at radius 1 is 0.636 bits per heavy atom. The molecule has 44 heavy (non-hydrogen) atoms. The molecule has 0 radical (unpaired) electrons. The molecule has 2 unspecified atom stereocenters. The first-order valence-corrected chi connectivity index (χ1v) is 17.3. The molecule has 1 aliphatic carbocycles. The van der Waals surface area contributed by atoms with Gasteiger partial charge in [-0.2, -0.15) is 0 Å². The fourth-order valence-electron chi connectivity index (χ4n) is 4.25. The van der Waals surface area contributed by atoms with Crippen molar-refractivity contribution in [1.29, 1.82) is 0 Å². The van der Waals surface area contributed by atoms with Gasteiger partial charge >= 0.3 is 0 Å². The van der Waals surface area contributed by atoms with Gasteiger partial charge < -0.3 is 9.47 Å². The highest BCUT2D eigenvalue weighted by Gasteiger charge is 2.28. The molecule has 254 valence electrons. The van der Waals surface area contributed by atoms with Gasteiger partial charge in [0, 0.05) is 0 Å². The van der Waals surface area contributed by atoms with Crippen molar-refractivity contribution in [2.45, 2.75) is 166 Å². The average Bonchev–Trinajstić information content (AvgIpc) is 3.65. The van der Waals surface area contributed by atoms with Gasteiger partial charge in [0.25, 0.3) is 0 Å². The summed E-state index contributed by atoms with van der Waals surface area (Å²) in [4.78, 5) is 0. The van der Waals surface area contributed by atoms with Crippen LogP contribution in [0, 0.1) is 11.8 Å². The first-order valence-electron chi connectivity index (χ1n) is 17.3. The lowest BCUT2D eigenvalue weighted by Crippen LogP contribution is -2.20. The van der Waals surface area contributed by atoms with Crippen molar-refractivity contribution < 1.29 is 9.47 Å². The number of benzene rings is 2. The van der Waals surface area contributed by atoms with Crippen LogP contribution in [0.3, 0.4) is 0 Å². The molecule has 2 aromatic carbocycles. The molecule has 2 nitrogen and oxygen atoms in total. The van der Waals surface area contributed by atoms with Crippen molar-refractivity contribution in [2.24, 2.45) is 11.8 Å². The summed E-state index contributed by atoms with van der Waals surface area (Å²) < 4.78 is 12.4. The summed E-state index contributed by atoms with van der Waals surface area (Å²) in [6, 6.07) is 13.1. The Hall–Kier alpha value is -2.22. The van der Waals surface area contributed by atoms with E-state index in [4.69, 9.17) is 9.47 Å². The minimum absolute atomic E-state index is 0.0124. The monoisotopic (exact) mass is 611 g/mol. The maximum absolute atomic E-state index is 6.18. The summed E-state index contributed by atoms with van der Waals surface area (Å²) in [7, 11) is 0. The van der Waals surface area contributed by atoms with Crippen LogP contribution < -0.4 is 9.47 Å². The molecule has 0 aromatic heterocycles. The van der Waals surface area contributed by atoms with Crippen LogP contribution in [0.4, 0.5) is 0 Å². The number of rotatable bonds is 5. The predicted octanol–water partition coefficient (Wildman–Crippen LogP) is 13.6. The van der Waals surface area contributed by atoms with E-state index in [0.717, 1.165) is 23.3 Å². The lowest BCUT2D eigenvalue weighted by molar-refractivity contribution is 0.115. The number of allylic oxidation sites excluding steroid dienone is 1. The van der Waals surface area contributed by atoms with Gasteiger partial charge in [0.15, 0.2) is 0 Å². The second kappa shape index (κ2) is 19.3. The Morgan fingerprint density at radius 2 is 0.932 bits per heavy atom. The van der Waals surface area contributed by atoms with Crippen LogP contribution >= 0.6 is 0 Å². The van der Waals surface area contributed by atoms with Crippen LogP contribution in [0.25, 0.3) is 0 Å². The molecule has 0 heterocycles. The molecule has 0 amide bonds. The van der Waals surface area contributed by atoms with Gasteiger partial charge in [0.1, 0.15) is 11.5 Å². The zero-order valence-electron chi connectivity index (χ0n) is 32.8. The molecule has 1 fully saturated rings. The van der Waals surface area contributed by atoms with E-state index in [1.807, 2.05) is 33.8 Å². The van der Waals surface area contributed by atoms with Gasteiger partial charge in [-0.1, -0.05) is 168 Å². The van der Waals surface area contributed by atoms with Gasteiger partial charge in [-0.25, -0.2) is 0 Å². The first kappa shape index (κ1) is 43.9. The minimum Gasteiger partial charge on any atom is -0.457 e. The summed E-state index contributed by atoms with van der Waals surface area (Å²) in [6.45, 7) is 45.2. The molecule has 0 bridgehead atoms. The Kier molecular flexibility index (Phi) is 19.3. The number of hydrogen-bond donors (Lipinski definition) is 0. The normalized spacial score (nSPS) is 15.8. The third kappa shape index (κ3) is 15.7. The fourth-order valence-corrected chi connectivity index (χ4v) is 4.25. The van der Waals surface area contributed by atoms with Crippen LogP contribution in [0.5, 0.6) is 11.5 Å². The summed E-state index contributed by atoms with van der Waals surface area (Å²) in [5, 5.41) is 0. The Balaban J connectivity index is 0. The zero-order chi connectivity index (χ0) is 35.1. The van der Waals surface area contributed by atoms with Gasteiger partial charge in [-0.15, -0.1) is 6.58 Å². The van der Waals surface area contributed by atoms with Crippen LogP contribution in [0.15, 0.2) is 49.1 Å². The Bertz CT molecular complexity index is 989. The van der Waals surface area contributed by atoms with Crippen molar-refractivity contribution in [2.75, 3.05) is 6.79 Å². The standard InChI is InChI=1S/C29H44O2.C6H10.C3H8.2C2H6/c1-26(2,3)20-13-15-24(22(17-20)28(7,8)9)30-19-31-25-16-14-21(27(4,5)6)18-23(25)29(10,11)12;1-3-6-4-5(6)2;1-3-2;2*1-2/h13-18H,19H2,1-12H3;3,5-6H,1,4H2,2H3;3H2,1-2H3;2*1-2H3. The van der Waals surface area contributed by atoms with Crippen molar-refractivity contribution >= 4 is 0 Å². The van der Waals surface area contributed by atoms with E-state index >= 15 is 0 Å². The van der Waals surface area contributed by atoms with E-state index in [0.29, 0.717) is 0 Å². The van der Waals surface area contributed by atoms with E-state index < -0.39 is 0 Å². The molecule has 0 aliphatic heterocycles. The van der Waals surface area contributed by atoms with Crippen LogP contribution in [0.1, 0.15) is 167 Å². The molecule has 1 saturated carbocycles. The second-order valence-electron chi connectivity index (χ2n) is 15.6. The summed E-state index contributed by atoms with van der Waals surface area (Å²) in [6.07, 6.45) is 4.67. The quantitative estimate of drug-likeness (QED) is 0.248. The molecule has 2 aromatic rings. The number of hydrogen-bond acceptors (Lipinski definition) is 2. The van der Waals surface area contributed by atoms with E-state index in [-0.39, 0.29) is 28.5 Å². The molecule has 3 rings (SSSR count). The van der Waals surface area contributed by atoms with Crippen molar-refractivity contribution in [3.05, 3.63) is 71.3 Å². The third-order valence-corrected chi connectivity index (χ3v) is 7.21. The highest BCUT2D eigenvalue weighted by Crippen LogP contribution is 2.38. The second-order valence-corrected chi connectivity index (χ2v) is 15.6. The number of ether oxygens (including phenoxy) is 2. The highest BCUT2D eigenvalue weighted by atomic mass is 16.7. The zero-order valence-corrected chi connectivity index (χ0v) is 32.8. The average molecular weight is 611 g/mol. The molecular formula is C42H74O2. The Morgan fingerprint density at radius 3 is 1.11 bits per heavy atom. The molecule has 2 atom stereocenters. The summed E-state index contributed by atoms with van der Waals surface area (Å²) in [5.41, 5.74) is 5.24. The maximum Gasteiger partial charge on any atom is 0.230 e. The third-order valence-electron chi connectivity index (χ3n) is 7.21. The lowest BCUT2D eigenvalue weighted by atomic mass is 9.80. The predicted molar refractivity (Wildman–Crippen MR) is 200 cm³/mol. The van der Waals surface area contributed by atoms with Gasteiger partial charge in [0.2, 0.25) is 6.79 Å². The van der Waals surface area contributed by atoms with E-state index in [9.17, 15) is 0 Å². The fraction of sp³-hybridized carbons (Fsp3) is 0.667. The van der Waals surface area contributed by atoms with Gasteiger partial charge in [0.05, 0.1) is 0 Å². The minimum atomic E-state index is -0.0124. The topological polar surface area (TPSA) is 18.5 Å². The van der Waals surface area contributed by atoms with Crippen molar-refractivity contribution in [3.8, 4) is 11.5 Å². The van der Waals surface area contributed by atoms with Crippen LogP contribution in [0.2, 0.25) is 0 Å². The molecular weight excluding hydrogens is 536 g/mol. The summed E-state index contributed by atoms with van der Waals surface area (Å²) >= 11 is 0. The molecule has 0 saturated heterocycles. The smallest absolute Gasteiger partial charge is 0.230 e. The SMILES string of the molecule is C=CC1CC1C.CC.CC.CC(C)(C)c1ccc(OCOc2ccc(C(C)(C)C)cc2C(C)(C)C)c(C(C)(C)C)c1.CCC. The van der Waals surface area contributed by atoms with Crippen molar-refractivity contribution in [3.63, 3.8) is 0 Å². The maximum atomic E-state index is 6.18. The van der Waals surface area contributed by atoms with E-state index in [1.54, 1.807) is 0 Å². The van der Waals surface area contributed by atoms with E-state index in [1.165, 1.54) is 35.1 Å². The van der Waals surface area contributed by atoms with E-state index in [2.05, 4.69) is 147 Å². The summed E-state index contributed by atoms with van der Waals surface area (Å²) in [5.74, 6) is 3.60. The molecule has 0 spiro atoms. The first-order chi connectivity index (χ1) is 20.2. The Labute approximate surface area is 276 Å². The highest BCUT2D eigenvalue weighted by molar-refractivity contribution is 5.45. The lowest BCUT2D eigenvalue weighted by Gasteiger charge is -2.28.